The van der Waals surface area contributed by atoms with Crippen LogP contribution in [0, 0.1) is 0 Å². The largest absolute Gasteiger partial charge is 0.477 e. The molecule has 0 saturated heterocycles. The second kappa shape index (κ2) is 3.93. The zero-order valence-electron chi connectivity index (χ0n) is 9.85. The van der Waals surface area contributed by atoms with Gasteiger partial charge in [0.25, 0.3) is 0 Å². The average Bonchev–Trinajstić information content (AvgIpc) is 3.21. The number of halogens is 2. The Kier molecular flexibility index (Phi) is 2.57. The third kappa shape index (κ3) is 1.57. The van der Waals surface area contributed by atoms with Crippen LogP contribution in [-0.4, -0.2) is 28.7 Å². The van der Waals surface area contributed by atoms with Crippen molar-refractivity contribution in [3.05, 3.63) is 29.8 Å². The average molecular weight is 284 g/mol. The molecule has 2 unspecified atom stereocenters. The molecule has 19 heavy (non-hydrogen) atoms. The molecule has 0 spiro atoms. The fourth-order valence-electron chi connectivity index (χ4n) is 2.50. The van der Waals surface area contributed by atoms with E-state index in [1.807, 2.05) is 0 Å². The fourth-order valence-corrected chi connectivity index (χ4v) is 2.83. The van der Waals surface area contributed by atoms with E-state index >= 15 is 0 Å². The lowest BCUT2D eigenvalue weighted by Crippen LogP contribution is -2.61. The van der Waals surface area contributed by atoms with Crippen LogP contribution in [-0.2, 0) is 9.59 Å². The van der Waals surface area contributed by atoms with Crippen molar-refractivity contribution in [2.75, 3.05) is 4.90 Å². The smallest absolute Gasteiger partial charge is 0.371 e. The van der Waals surface area contributed by atoms with Gasteiger partial charge in [0, 0.05) is 17.3 Å². The molecule has 1 aromatic carbocycles. The molecule has 2 aliphatic rings. The Bertz CT molecular complexity index is 575. The van der Waals surface area contributed by atoms with Gasteiger partial charge in [-0.05, 0) is 18.9 Å². The van der Waals surface area contributed by atoms with Gasteiger partial charge in [0.15, 0.2) is 0 Å². The quantitative estimate of drug-likeness (QED) is 0.514. The van der Waals surface area contributed by atoms with Gasteiger partial charge in [0.2, 0.25) is 5.78 Å². The summed E-state index contributed by atoms with van der Waals surface area (Å²) < 4.78 is 14.9. The van der Waals surface area contributed by atoms with Crippen molar-refractivity contribution in [1.29, 1.82) is 0 Å². The molecular weight excluding hydrogens is 273 g/mol. The topological polar surface area (TPSA) is 57.6 Å². The third-order valence-corrected chi connectivity index (χ3v) is 3.99. The predicted molar refractivity (Wildman–Crippen MR) is 67.0 cm³/mol. The maximum atomic E-state index is 14.9. The van der Waals surface area contributed by atoms with E-state index in [1.54, 1.807) is 24.3 Å². The minimum absolute atomic E-state index is 0.254. The third-order valence-electron chi connectivity index (χ3n) is 3.55. The Hall–Kier alpha value is -1.62. The Morgan fingerprint density at radius 1 is 1.42 bits per heavy atom. The number of carbonyl (C=O) groups excluding carboxylic acids is 1. The van der Waals surface area contributed by atoms with Gasteiger partial charge >= 0.3 is 11.8 Å². The lowest BCUT2D eigenvalue weighted by atomic mass is 9.91. The van der Waals surface area contributed by atoms with Crippen LogP contribution in [0.5, 0.6) is 0 Å². The van der Waals surface area contributed by atoms with Gasteiger partial charge in [-0.15, -0.1) is 11.6 Å². The van der Waals surface area contributed by atoms with Gasteiger partial charge in [-0.25, -0.2) is 4.79 Å². The van der Waals surface area contributed by atoms with Crippen LogP contribution in [0.4, 0.5) is 10.1 Å². The Morgan fingerprint density at radius 3 is 2.63 bits per heavy atom. The van der Waals surface area contributed by atoms with Gasteiger partial charge in [-0.3, -0.25) is 4.79 Å². The van der Waals surface area contributed by atoms with Crippen LogP contribution in [0.1, 0.15) is 23.8 Å². The standard InChI is InChI=1S/C13H11ClFNO3/c14-10-8-3-1-2-4-9(8)16(7-5-6-7)13(15,11(10)17)12(18)19/h1-4,7,10H,5-6H2,(H,18,19). The zero-order valence-corrected chi connectivity index (χ0v) is 10.6. The number of fused-ring (bicyclic) bond motifs is 1. The van der Waals surface area contributed by atoms with Crippen LogP contribution in [0.2, 0.25) is 0 Å². The van der Waals surface area contributed by atoms with Crippen LogP contribution < -0.4 is 4.90 Å². The zero-order chi connectivity index (χ0) is 13.8. The number of alkyl halides is 2. The number of carboxylic acids is 1. The number of Topliss-reactive ketones (excluding diaryl/α,β-unsaturated/α-hetero) is 1. The first-order valence-corrected chi connectivity index (χ1v) is 6.40. The molecule has 2 atom stereocenters. The number of carboxylic acid groups (broad SMARTS) is 1. The normalized spacial score (nSPS) is 30.1. The SMILES string of the molecule is O=C(O)C1(F)C(=O)C(Cl)c2ccccc2N1C1CC1. The first-order valence-electron chi connectivity index (χ1n) is 5.97. The number of nitrogens with zero attached hydrogens (tertiary/aromatic N) is 1. The molecule has 1 N–H and O–H groups in total. The van der Waals surface area contributed by atoms with E-state index in [0.717, 1.165) is 4.90 Å². The second-order valence-corrected chi connectivity index (χ2v) is 5.25. The van der Waals surface area contributed by atoms with Crippen molar-refractivity contribution in [1.82, 2.24) is 0 Å². The molecule has 1 saturated carbocycles. The number of carbonyl (C=O) groups is 2. The number of anilines is 1. The number of benzene rings is 1. The van der Waals surface area contributed by atoms with Gasteiger partial charge in [-0.2, -0.15) is 4.39 Å². The second-order valence-electron chi connectivity index (χ2n) is 4.81. The first-order chi connectivity index (χ1) is 8.98. The monoisotopic (exact) mass is 283 g/mol. The van der Waals surface area contributed by atoms with Crippen molar-refractivity contribution in [2.24, 2.45) is 0 Å². The summed E-state index contributed by atoms with van der Waals surface area (Å²) in [5, 5.41) is 7.89. The molecule has 0 aromatic heterocycles. The Labute approximate surface area is 113 Å². The molecule has 100 valence electrons. The van der Waals surface area contributed by atoms with Crippen molar-refractivity contribution < 1.29 is 19.1 Å². The predicted octanol–water partition coefficient (Wildman–Crippen LogP) is 2.27. The summed E-state index contributed by atoms with van der Waals surface area (Å²) in [6, 6.07) is 6.35. The summed E-state index contributed by atoms with van der Waals surface area (Å²) in [5.74, 6) is -5.99. The number of rotatable bonds is 2. The molecule has 0 radical (unpaired) electrons. The maximum Gasteiger partial charge on any atom is 0.371 e. The summed E-state index contributed by atoms with van der Waals surface area (Å²) in [7, 11) is 0. The molecule has 4 nitrogen and oxygen atoms in total. The van der Waals surface area contributed by atoms with E-state index in [9.17, 15) is 14.0 Å². The molecule has 3 rings (SSSR count). The Morgan fingerprint density at radius 2 is 2.05 bits per heavy atom. The molecule has 1 aliphatic heterocycles. The van der Waals surface area contributed by atoms with E-state index in [0.29, 0.717) is 24.1 Å². The lowest BCUT2D eigenvalue weighted by Gasteiger charge is -2.41. The number of ketones is 1. The fraction of sp³-hybridized carbons (Fsp3) is 0.385. The summed E-state index contributed by atoms with van der Waals surface area (Å²) in [4.78, 5) is 24.4. The summed E-state index contributed by atoms with van der Waals surface area (Å²) in [5.41, 5.74) is 0.866. The molecule has 1 aliphatic carbocycles. The van der Waals surface area contributed by atoms with Crippen molar-refractivity contribution in [3.8, 4) is 0 Å². The van der Waals surface area contributed by atoms with Crippen molar-refractivity contribution >= 4 is 29.0 Å². The van der Waals surface area contributed by atoms with Crippen LogP contribution in [0.15, 0.2) is 24.3 Å². The van der Waals surface area contributed by atoms with Crippen LogP contribution in [0.25, 0.3) is 0 Å². The van der Waals surface area contributed by atoms with E-state index in [4.69, 9.17) is 16.7 Å². The lowest BCUT2D eigenvalue weighted by molar-refractivity contribution is -0.157. The molecule has 0 bridgehead atoms. The summed E-state index contributed by atoms with van der Waals surface area (Å²) in [6.07, 6.45) is 1.35. The molecule has 1 aromatic rings. The minimum atomic E-state index is -3.07. The van der Waals surface area contributed by atoms with E-state index in [-0.39, 0.29) is 6.04 Å². The van der Waals surface area contributed by atoms with Gasteiger partial charge in [0.05, 0.1) is 0 Å². The van der Waals surface area contributed by atoms with Crippen LogP contribution >= 0.6 is 11.6 Å². The van der Waals surface area contributed by atoms with Crippen LogP contribution in [0.3, 0.4) is 0 Å². The highest BCUT2D eigenvalue weighted by atomic mass is 35.5. The van der Waals surface area contributed by atoms with Crippen molar-refractivity contribution in [2.45, 2.75) is 30.1 Å². The highest BCUT2D eigenvalue weighted by Crippen LogP contribution is 2.48. The van der Waals surface area contributed by atoms with E-state index in [1.165, 1.54) is 0 Å². The maximum absolute atomic E-state index is 14.9. The molecule has 1 heterocycles. The highest BCUT2D eigenvalue weighted by molar-refractivity contribution is 6.36. The van der Waals surface area contributed by atoms with E-state index in [2.05, 4.69) is 0 Å². The molecule has 1 fully saturated rings. The minimum Gasteiger partial charge on any atom is -0.477 e. The molecular formula is C13H11ClFNO3. The molecule has 6 heteroatoms. The highest BCUT2D eigenvalue weighted by Gasteiger charge is 2.61. The van der Waals surface area contributed by atoms with Gasteiger partial charge in [-0.1, -0.05) is 18.2 Å². The first kappa shape index (κ1) is 12.4. The van der Waals surface area contributed by atoms with E-state index < -0.39 is 22.9 Å². The number of hydrogen-bond acceptors (Lipinski definition) is 3. The Balaban J connectivity index is 2.23. The number of aliphatic carboxylic acids is 1. The van der Waals surface area contributed by atoms with Gasteiger partial charge in [0.1, 0.15) is 5.38 Å². The summed E-state index contributed by atoms with van der Waals surface area (Å²) >= 11 is 5.94. The molecule has 0 amide bonds. The summed E-state index contributed by atoms with van der Waals surface area (Å²) in [6.45, 7) is 0. The number of para-hydroxylation sites is 1. The van der Waals surface area contributed by atoms with Crippen molar-refractivity contribution in [3.63, 3.8) is 0 Å². The van der Waals surface area contributed by atoms with Gasteiger partial charge < -0.3 is 10.0 Å². The number of hydrogen-bond donors (Lipinski definition) is 1.